The van der Waals surface area contributed by atoms with Gasteiger partial charge in [-0.1, -0.05) is 0 Å². The number of hydrogen-bond donors (Lipinski definition) is 1. The molecular formula is C15H25N3O. The molecule has 1 N–H and O–H groups in total. The zero-order valence-electron chi connectivity index (χ0n) is 12.0. The SMILES string of the molecule is CC(C)n1ccn(CCNC(C2CC2)C2CC2)c1=O. The van der Waals surface area contributed by atoms with Gasteiger partial charge in [0.05, 0.1) is 0 Å². The predicted molar refractivity (Wildman–Crippen MR) is 76.3 cm³/mol. The van der Waals surface area contributed by atoms with E-state index in [1.54, 1.807) is 4.57 Å². The van der Waals surface area contributed by atoms with Gasteiger partial charge in [0, 0.05) is 37.6 Å². The normalized spacial score (nSPS) is 19.6. The molecule has 0 radical (unpaired) electrons. The fourth-order valence-electron chi connectivity index (χ4n) is 2.97. The van der Waals surface area contributed by atoms with Crippen molar-refractivity contribution in [3.8, 4) is 0 Å². The monoisotopic (exact) mass is 263 g/mol. The molecule has 4 nitrogen and oxygen atoms in total. The highest BCUT2D eigenvalue weighted by atomic mass is 16.1. The van der Waals surface area contributed by atoms with Gasteiger partial charge in [0.15, 0.2) is 0 Å². The van der Waals surface area contributed by atoms with Crippen molar-refractivity contribution in [2.24, 2.45) is 11.8 Å². The van der Waals surface area contributed by atoms with Crippen LogP contribution in [-0.2, 0) is 6.54 Å². The summed E-state index contributed by atoms with van der Waals surface area (Å²) in [5, 5.41) is 3.69. The van der Waals surface area contributed by atoms with Gasteiger partial charge in [0.25, 0.3) is 0 Å². The first kappa shape index (κ1) is 13.0. The lowest BCUT2D eigenvalue weighted by Crippen LogP contribution is -2.37. The molecule has 1 aromatic heterocycles. The van der Waals surface area contributed by atoms with Crippen LogP contribution in [0.3, 0.4) is 0 Å². The van der Waals surface area contributed by atoms with E-state index in [0.29, 0.717) is 0 Å². The van der Waals surface area contributed by atoms with Crippen molar-refractivity contribution in [2.75, 3.05) is 6.54 Å². The molecule has 4 heteroatoms. The highest BCUT2D eigenvalue weighted by Gasteiger charge is 2.40. The summed E-state index contributed by atoms with van der Waals surface area (Å²) in [5.74, 6) is 1.84. The van der Waals surface area contributed by atoms with E-state index in [2.05, 4.69) is 5.32 Å². The Bertz CT molecular complexity index is 468. The molecule has 106 valence electrons. The van der Waals surface area contributed by atoms with Crippen molar-refractivity contribution >= 4 is 0 Å². The Morgan fingerprint density at radius 1 is 1.21 bits per heavy atom. The minimum absolute atomic E-state index is 0.117. The number of hydrogen-bond acceptors (Lipinski definition) is 2. The third-order valence-corrected chi connectivity index (χ3v) is 4.42. The molecule has 2 saturated carbocycles. The van der Waals surface area contributed by atoms with E-state index in [1.165, 1.54) is 25.7 Å². The Kier molecular flexibility index (Phi) is 3.52. The maximum Gasteiger partial charge on any atom is 0.328 e. The van der Waals surface area contributed by atoms with E-state index in [1.807, 2.05) is 30.8 Å². The number of aromatic nitrogens is 2. The summed E-state index contributed by atoms with van der Waals surface area (Å²) in [6.45, 7) is 5.79. The van der Waals surface area contributed by atoms with Crippen LogP contribution in [0.15, 0.2) is 17.2 Å². The molecule has 3 rings (SSSR count). The summed E-state index contributed by atoms with van der Waals surface area (Å²) in [6.07, 6.45) is 9.41. The topological polar surface area (TPSA) is 39.0 Å². The maximum absolute atomic E-state index is 12.1. The van der Waals surface area contributed by atoms with Crippen LogP contribution in [0.1, 0.15) is 45.6 Å². The molecule has 2 aliphatic carbocycles. The number of imidazole rings is 1. The van der Waals surface area contributed by atoms with Crippen LogP contribution >= 0.6 is 0 Å². The second kappa shape index (κ2) is 5.16. The van der Waals surface area contributed by atoms with E-state index < -0.39 is 0 Å². The minimum Gasteiger partial charge on any atom is -0.312 e. The molecule has 1 aromatic rings. The number of nitrogens with zero attached hydrogens (tertiary/aromatic N) is 2. The molecule has 19 heavy (non-hydrogen) atoms. The summed E-state index contributed by atoms with van der Waals surface area (Å²) >= 11 is 0. The van der Waals surface area contributed by atoms with E-state index in [9.17, 15) is 4.79 Å². The number of nitrogens with one attached hydrogen (secondary N) is 1. The Hall–Kier alpha value is -1.03. The second-order valence-electron chi connectivity index (χ2n) is 6.43. The van der Waals surface area contributed by atoms with Crippen LogP contribution in [0, 0.1) is 11.8 Å². The fraction of sp³-hybridized carbons (Fsp3) is 0.800. The van der Waals surface area contributed by atoms with Gasteiger partial charge in [-0.05, 0) is 51.4 Å². The van der Waals surface area contributed by atoms with Crippen LogP contribution in [0.5, 0.6) is 0 Å². The first-order chi connectivity index (χ1) is 9.16. The molecule has 0 spiro atoms. The first-order valence-electron chi connectivity index (χ1n) is 7.67. The third-order valence-electron chi connectivity index (χ3n) is 4.42. The highest BCUT2D eigenvalue weighted by molar-refractivity contribution is 4.96. The van der Waals surface area contributed by atoms with E-state index in [4.69, 9.17) is 0 Å². The van der Waals surface area contributed by atoms with E-state index in [-0.39, 0.29) is 11.7 Å². The van der Waals surface area contributed by atoms with Gasteiger partial charge in [-0.3, -0.25) is 9.13 Å². The second-order valence-corrected chi connectivity index (χ2v) is 6.43. The summed E-state index contributed by atoms with van der Waals surface area (Å²) in [7, 11) is 0. The maximum atomic E-state index is 12.1. The molecule has 2 fully saturated rings. The van der Waals surface area contributed by atoms with Crippen LogP contribution in [0.4, 0.5) is 0 Å². The fourth-order valence-corrected chi connectivity index (χ4v) is 2.97. The largest absolute Gasteiger partial charge is 0.328 e. The molecule has 0 aliphatic heterocycles. The van der Waals surface area contributed by atoms with E-state index in [0.717, 1.165) is 31.0 Å². The Labute approximate surface area is 114 Å². The third kappa shape index (κ3) is 2.94. The first-order valence-corrected chi connectivity index (χ1v) is 7.67. The van der Waals surface area contributed by atoms with Crippen molar-refractivity contribution in [3.63, 3.8) is 0 Å². The average molecular weight is 263 g/mol. The Morgan fingerprint density at radius 3 is 2.32 bits per heavy atom. The minimum atomic E-state index is 0.117. The predicted octanol–water partition coefficient (Wildman–Crippen LogP) is 2.01. The van der Waals surface area contributed by atoms with Crippen LogP contribution in [-0.4, -0.2) is 21.7 Å². The lowest BCUT2D eigenvalue weighted by molar-refractivity contribution is 0.403. The highest BCUT2D eigenvalue weighted by Crippen LogP contribution is 2.44. The van der Waals surface area contributed by atoms with Gasteiger partial charge >= 0.3 is 5.69 Å². The van der Waals surface area contributed by atoms with Crippen LogP contribution < -0.4 is 11.0 Å². The molecule has 0 saturated heterocycles. The van der Waals surface area contributed by atoms with Crippen molar-refractivity contribution < 1.29 is 0 Å². The summed E-state index contributed by atoms with van der Waals surface area (Å²) < 4.78 is 3.61. The summed E-state index contributed by atoms with van der Waals surface area (Å²) in [4.78, 5) is 12.1. The molecule has 2 aliphatic rings. The van der Waals surface area contributed by atoms with Crippen LogP contribution in [0.25, 0.3) is 0 Å². The zero-order valence-corrected chi connectivity index (χ0v) is 12.0. The van der Waals surface area contributed by atoms with Crippen molar-refractivity contribution in [1.82, 2.24) is 14.5 Å². The van der Waals surface area contributed by atoms with Gasteiger partial charge in [0.1, 0.15) is 0 Å². The smallest absolute Gasteiger partial charge is 0.312 e. The molecule has 1 heterocycles. The van der Waals surface area contributed by atoms with E-state index >= 15 is 0 Å². The Balaban J connectivity index is 1.53. The van der Waals surface area contributed by atoms with Gasteiger partial charge in [-0.25, -0.2) is 4.79 Å². The molecule has 0 atom stereocenters. The molecule has 0 amide bonds. The average Bonchev–Trinajstić information content (AvgIpc) is 3.24. The molecule has 0 unspecified atom stereocenters. The molecule has 0 bridgehead atoms. The van der Waals surface area contributed by atoms with Gasteiger partial charge in [-0.2, -0.15) is 0 Å². The van der Waals surface area contributed by atoms with Gasteiger partial charge in [0.2, 0.25) is 0 Å². The van der Waals surface area contributed by atoms with Crippen molar-refractivity contribution in [1.29, 1.82) is 0 Å². The van der Waals surface area contributed by atoms with Crippen LogP contribution in [0.2, 0.25) is 0 Å². The lowest BCUT2D eigenvalue weighted by Gasteiger charge is -2.17. The Morgan fingerprint density at radius 2 is 1.84 bits per heavy atom. The molecular weight excluding hydrogens is 238 g/mol. The lowest BCUT2D eigenvalue weighted by atomic mass is 10.1. The zero-order chi connectivity index (χ0) is 13.4. The van der Waals surface area contributed by atoms with Crippen molar-refractivity contribution in [2.45, 2.75) is 58.2 Å². The van der Waals surface area contributed by atoms with Gasteiger partial charge < -0.3 is 5.32 Å². The summed E-state index contributed by atoms with van der Waals surface area (Å²) in [6, 6.07) is 0.968. The molecule has 0 aromatic carbocycles. The standard InChI is InChI=1S/C15H25N3O/c1-11(2)18-10-9-17(15(18)19)8-7-16-14(12-3-4-12)13-5-6-13/h9-14,16H,3-8H2,1-2H3. The quantitative estimate of drug-likeness (QED) is 0.817. The van der Waals surface area contributed by atoms with Crippen molar-refractivity contribution in [3.05, 3.63) is 22.9 Å². The number of rotatable bonds is 7. The summed E-state index contributed by atoms with van der Waals surface area (Å²) in [5.41, 5.74) is 0.117. The van der Waals surface area contributed by atoms with Gasteiger partial charge in [-0.15, -0.1) is 0 Å².